The summed E-state index contributed by atoms with van der Waals surface area (Å²) in [4.78, 5) is 17.2. The van der Waals surface area contributed by atoms with Crippen molar-refractivity contribution in [2.75, 3.05) is 36.1 Å². The predicted octanol–water partition coefficient (Wildman–Crippen LogP) is 12.1. The third-order valence-corrected chi connectivity index (χ3v) is 9.44. The predicted molar refractivity (Wildman–Crippen MR) is 209 cm³/mol. The van der Waals surface area contributed by atoms with Gasteiger partial charge in [-0.3, -0.25) is 5.32 Å². The van der Waals surface area contributed by atoms with Crippen LogP contribution in [-0.2, 0) is 4.74 Å². The summed E-state index contributed by atoms with van der Waals surface area (Å²) in [6.45, 7) is 9.06. The van der Waals surface area contributed by atoms with E-state index in [4.69, 9.17) is 9.84 Å². The molecule has 0 saturated carbocycles. The molecule has 0 fully saturated rings. The van der Waals surface area contributed by atoms with Crippen LogP contribution in [0.2, 0.25) is 0 Å². The molecule has 0 aliphatic carbocycles. The van der Waals surface area contributed by atoms with Crippen molar-refractivity contribution < 1.29 is 14.6 Å². The molecular formula is C43H67N3O3. The molecule has 6 nitrogen and oxygen atoms in total. The van der Waals surface area contributed by atoms with Crippen LogP contribution in [0.3, 0.4) is 0 Å². The van der Waals surface area contributed by atoms with Crippen LogP contribution in [0.5, 0.6) is 0 Å². The monoisotopic (exact) mass is 674 g/mol. The van der Waals surface area contributed by atoms with Crippen molar-refractivity contribution in [1.82, 2.24) is 5.32 Å². The number of carbonyl (C=O) groups is 1. The van der Waals surface area contributed by atoms with Crippen molar-refractivity contribution in [2.45, 2.75) is 136 Å². The van der Waals surface area contributed by atoms with Gasteiger partial charge >= 0.3 is 6.09 Å². The van der Waals surface area contributed by atoms with E-state index >= 15 is 0 Å². The minimum absolute atomic E-state index is 0.334. The Balaban J connectivity index is 1.30. The molecule has 0 spiro atoms. The highest BCUT2D eigenvalue weighted by Crippen LogP contribution is 2.47. The molecule has 272 valence electrons. The summed E-state index contributed by atoms with van der Waals surface area (Å²) in [5.41, 5.74) is 6.16. The van der Waals surface area contributed by atoms with E-state index in [1.807, 2.05) is 19.1 Å². The molecule has 49 heavy (non-hydrogen) atoms. The Morgan fingerprint density at radius 2 is 1.04 bits per heavy atom. The van der Waals surface area contributed by atoms with E-state index in [0.717, 1.165) is 38.0 Å². The molecule has 0 bridgehead atoms. The summed E-state index contributed by atoms with van der Waals surface area (Å²) in [6, 6.07) is 18.0. The number of para-hydroxylation sites is 4. The van der Waals surface area contributed by atoms with Gasteiger partial charge in [-0.05, 0) is 68.9 Å². The van der Waals surface area contributed by atoms with Crippen molar-refractivity contribution in [3.05, 3.63) is 72.5 Å². The molecule has 2 aromatic carbocycles. The summed E-state index contributed by atoms with van der Waals surface area (Å²) in [7, 11) is 0. The number of aliphatic hydroxyl groups is 1. The van der Waals surface area contributed by atoms with Gasteiger partial charge in [-0.2, -0.15) is 0 Å². The first-order valence-electron chi connectivity index (χ1n) is 19.7. The molecule has 0 unspecified atom stereocenters. The number of unbranched alkanes of at least 4 members (excludes halogenated alkanes) is 16. The molecule has 2 aromatic rings. The van der Waals surface area contributed by atoms with Gasteiger partial charge in [-0.15, -0.1) is 0 Å². The molecule has 2 N–H and O–H groups in total. The van der Waals surface area contributed by atoms with E-state index in [9.17, 15) is 4.79 Å². The lowest BCUT2D eigenvalue weighted by molar-refractivity contribution is 0.147. The fourth-order valence-corrected chi connectivity index (χ4v) is 6.64. The summed E-state index contributed by atoms with van der Waals surface area (Å²) >= 11 is 0. The van der Waals surface area contributed by atoms with Gasteiger partial charge in [-0.25, -0.2) is 4.79 Å². The lowest BCUT2D eigenvalue weighted by Crippen LogP contribution is -2.30. The SMILES string of the molecule is C/C=C(\C=C/C(C)C)NC(=O)OCCCCCCCCCCCN1c2ccccc2N(CCCCCCCCCCCO)c2ccccc21. The van der Waals surface area contributed by atoms with E-state index in [0.29, 0.717) is 19.1 Å². The number of carbonyl (C=O) groups excluding carboxylic acids is 1. The molecule has 1 amide bonds. The van der Waals surface area contributed by atoms with Crippen molar-refractivity contribution in [1.29, 1.82) is 0 Å². The topological polar surface area (TPSA) is 65.0 Å². The number of fused-ring (bicyclic) bond motifs is 2. The molecule has 6 heteroatoms. The Kier molecular flexibility index (Phi) is 20.4. The number of anilines is 4. The third kappa shape index (κ3) is 15.5. The molecule has 1 aliphatic heterocycles. The average Bonchev–Trinajstić information content (AvgIpc) is 3.11. The van der Waals surface area contributed by atoms with Gasteiger partial charge in [0.25, 0.3) is 0 Å². The minimum atomic E-state index is -0.366. The first-order valence-corrected chi connectivity index (χ1v) is 19.7. The van der Waals surface area contributed by atoms with Crippen LogP contribution in [0.15, 0.2) is 72.5 Å². The Hall–Kier alpha value is -3.25. The lowest BCUT2D eigenvalue weighted by atomic mass is 10.0. The van der Waals surface area contributed by atoms with Crippen LogP contribution in [0.1, 0.15) is 136 Å². The molecule has 0 aromatic heterocycles. The average molecular weight is 674 g/mol. The Labute approximate surface area is 299 Å². The number of rotatable bonds is 26. The number of benzene rings is 2. The van der Waals surface area contributed by atoms with Gasteiger partial charge in [0.15, 0.2) is 0 Å². The number of hydrogen-bond acceptors (Lipinski definition) is 5. The Bertz CT molecular complexity index is 1190. The second kappa shape index (κ2) is 24.8. The number of hydrogen-bond donors (Lipinski definition) is 2. The van der Waals surface area contributed by atoms with Gasteiger partial charge in [-0.1, -0.05) is 140 Å². The highest BCUT2D eigenvalue weighted by molar-refractivity contribution is 5.93. The highest BCUT2D eigenvalue weighted by Gasteiger charge is 2.27. The van der Waals surface area contributed by atoms with E-state index < -0.39 is 0 Å². The maximum absolute atomic E-state index is 12.0. The zero-order valence-corrected chi connectivity index (χ0v) is 31.1. The second-order valence-electron chi connectivity index (χ2n) is 14.0. The molecule has 0 saturated heterocycles. The smallest absolute Gasteiger partial charge is 0.411 e. The molecule has 1 heterocycles. The summed E-state index contributed by atoms with van der Waals surface area (Å²) in [5.74, 6) is 0.440. The van der Waals surface area contributed by atoms with Crippen molar-refractivity contribution in [3.8, 4) is 0 Å². The number of nitrogens with one attached hydrogen (secondary N) is 1. The Morgan fingerprint density at radius 1 is 0.653 bits per heavy atom. The van der Waals surface area contributed by atoms with Crippen LogP contribution in [-0.4, -0.2) is 37.5 Å². The van der Waals surface area contributed by atoms with Crippen LogP contribution < -0.4 is 15.1 Å². The van der Waals surface area contributed by atoms with Crippen LogP contribution >= 0.6 is 0 Å². The summed E-state index contributed by atoms with van der Waals surface area (Å²) in [6.07, 6.45) is 27.4. The number of nitrogens with zero attached hydrogens (tertiary/aromatic N) is 2. The lowest BCUT2D eigenvalue weighted by Gasteiger charge is -2.40. The van der Waals surface area contributed by atoms with Gasteiger partial charge < -0.3 is 19.6 Å². The largest absolute Gasteiger partial charge is 0.449 e. The first-order chi connectivity index (χ1) is 24.0. The van der Waals surface area contributed by atoms with Crippen LogP contribution in [0.4, 0.5) is 27.5 Å². The zero-order valence-electron chi connectivity index (χ0n) is 31.1. The van der Waals surface area contributed by atoms with Gasteiger partial charge in [0, 0.05) is 25.4 Å². The van der Waals surface area contributed by atoms with E-state index in [1.165, 1.54) is 119 Å². The molecule has 1 aliphatic rings. The number of allylic oxidation sites excluding steroid dienone is 3. The first kappa shape index (κ1) is 40.2. The minimum Gasteiger partial charge on any atom is -0.449 e. The van der Waals surface area contributed by atoms with Crippen LogP contribution in [0.25, 0.3) is 0 Å². The summed E-state index contributed by atoms with van der Waals surface area (Å²) in [5, 5.41) is 11.8. The van der Waals surface area contributed by atoms with Gasteiger partial charge in [0.2, 0.25) is 0 Å². The molecule has 0 atom stereocenters. The van der Waals surface area contributed by atoms with Crippen LogP contribution in [0, 0.1) is 5.92 Å². The highest BCUT2D eigenvalue weighted by atomic mass is 16.5. The fraction of sp³-hybridized carbons (Fsp3) is 0.605. The number of aliphatic hydroxyl groups excluding tert-OH is 1. The number of ether oxygens (including phenoxy) is 1. The van der Waals surface area contributed by atoms with Crippen molar-refractivity contribution in [2.24, 2.45) is 5.92 Å². The van der Waals surface area contributed by atoms with E-state index in [1.54, 1.807) is 0 Å². The van der Waals surface area contributed by atoms with Crippen molar-refractivity contribution >= 4 is 28.8 Å². The van der Waals surface area contributed by atoms with Crippen molar-refractivity contribution in [3.63, 3.8) is 0 Å². The van der Waals surface area contributed by atoms with E-state index in [-0.39, 0.29) is 6.09 Å². The quantitative estimate of drug-likeness (QED) is 0.0768. The second-order valence-corrected chi connectivity index (χ2v) is 14.0. The van der Waals surface area contributed by atoms with E-state index in [2.05, 4.69) is 83.6 Å². The van der Waals surface area contributed by atoms with Gasteiger partial charge in [0.05, 0.1) is 29.4 Å². The standard InChI is InChI=1S/C43H67N3O3/c1-4-38(32-31-37(2)3)44-43(48)49-36-26-18-14-10-6-8-12-16-24-34-46-41-29-21-19-27-39(41)45(40-28-20-22-30-42(40)46)33-23-15-11-7-5-9-13-17-25-35-47/h4,19-22,27-32,37,47H,5-18,23-26,33-36H2,1-3H3,(H,44,48)/b32-31-,38-4+. The molecular weight excluding hydrogens is 606 g/mol. The third-order valence-electron chi connectivity index (χ3n) is 9.44. The summed E-state index contributed by atoms with van der Waals surface area (Å²) < 4.78 is 5.36. The number of amides is 1. The zero-order chi connectivity index (χ0) is 34.9. The molecule has 3 rings (SSSR count). The maximum Gasteiger partial charge on any atom is 0.411 e. The van der Waals surface area contributed by atoms with Gasteiger partial charge in [0.1, 0.15) is 0 Å². The maximum atomic E-state index is 12.0. The Morgan fingerprint density at radius 3 is 1.43 bits per heavy atom. The fourth-order valence-electron chi connectivity index (χ4n) is 6.64. The number of alkyl carbamates (subject to hydrolysis) is 1. The molecule has 0 radical (unpaired) electrons. The normalized spacial score (nSPS) is 12.9.